The number of piperidine rings is 1. The van der Waals surface area contributed by atoms with Gasteiger partial charge in [0.15, 0.2) is 0 Å². The normalized spacial score (nSPS) is 17.0. The number of carbonyl (C=O) groups is 2. The Bertz CT molecular complexity index is 838. The van der Waals surface area contributed by atoms with E-state index in [4.69, 9.17) is 5.73 Å². The second kappa shape index (κ2) is 7.66. The van der Waals surface area contributed by atoms with Gasteiger partial charge in [-0.3, -0.25) is 9.59 Å². The first kappa shape index (κ1) is 18.1. The van der Waals surface area contributed by atoms with Gasteiger partial charge in [-0.25, -0.2) is 4.39 Å². The van der Waals surface area contributed by atoms with Crippen molar-refractivity contribution in [2.45, 2.75) is 25.8 Å². The zero-order valence-corrected chi connectivity index (χ0v) is 14.7. The van der Waals surface area contributed by atoms with Gasteiger partial charge in [-0.1, -0.05) is 18.2 Å². The summed E-state index contributed by atoms with van der Waals surface area (Å²) >= 11 is 0. The van der Waals surface area contributed by atoms with Gasteiger partial charge in [0.25, 0.3) is 11.8 Å². The van der Waals surface area contributed by atoms with Crippen LogP contribution in [-0.4, -0.2) is 35.8 Å². The molecule has 1 unspecified atom stereocenters. The lowest BCUT2D eigenvalue weighted by atomic mass is 10.0. The van der Waals surface area contributed by atoms with Crippen molar-refractivity contribution in [3.63, 3.8) is 0 Å². The molecule has 0 aromatic heterocycles. The maximum Gasteiger partial charge on any atom is 0.258 e. The predicted molar refractivity (Wildman–Crippen MR) is 98.6 cm³/mol. The predicted octanol–water partition coefficient (Wildman–Crippen LogP) is 2.95. The summed E-state index contributed by atoms with van der Waals surface area (Å²) < 4.78 is 13.8. The molecule has 1 saturated heterocycles. The summed E-state index contributed by atoms with van der Waals surface area (Å²) in [6.07, 6.45) is 1.80. The van der Waals surface area contributed by atoms with E-state index in [9.17, 15) is 14.0 Å². The molecule has 1 aliphatic rings. The largest absolute Gasteiger partial charge is 0.337 e. The Labute approximate surface area is 152 Å². The van der Waals surface area contributed by atoms with Crippen molar-refractivity contribution < 1.29 is 14.0 Å². The summed E-state index contributed by atoms with van der Waals surface area (Å²) in [5, 5.41) is 2.70. The minimum Gasteiger partial charge on any atom is -0.337 e. The number of aryl methyl sites for hydroxylation is 1. The fraction of sp³-hybridized carbons (Fsp3) is 0.300. The standard InChI is InChI=1S/C20H22FN3O2/c1-13-8-9-14(20(26)24-10-4-5-15(22)12-24)11-18(13)23-19(25)16-6-2-3-7-17(16)21/h2-3,6-9,11,15H,4-5,10,12,22H2,1H3,(H,23,25). The van der Waals surface area contributed by atoms with Gasteiger partial charge in [0.2, 0.25) is 0 Å². The Morgan fingerprint density at radius 3 is 2.73 bits per heavy atom. The zero-order valence-electron chi connectivity index (χ0n) is 14.7. The lowest BCUT2D eigenvalue weighted by Crippen LogP contribution is -2.45. The molecule has 3 N–H and O–H groups in total. The second-order valence-electron chi connectivity index (χ2n) is 6.62. The van der Waals surface area contributed by atoms with Crippen LogP contribution in [-0.2, 0) is 0 Å². The molecule has 2 aromatic rings. The molecular formula is C20H22FN3O2. The molecule has 26 heavy (non-hydrogen) atoms. The van der Waals surface area contributed by atoms with E-state index in [2.05, 4.69) is 5.32 Å². The third kappa shape index (κ3) is 3.91. The average Bonchev–Trinajstić information content (AvgIpc) is 2.63. The number of nitrogens with zero attached hydrogens (tertiary/aromatic N) is 1. The van der Waals surface area contributed by atoms with Crippen molar-refractivity contribution in [3.05, 3.63) is 65.0 Å². The summed E-state index contributed by atoms with van der Waals surface area (Å²) in [6, 6.07) is 10.9. The number of amides is 2. The third-order valence-corrected chi connectivity index (χ3v) is 4.60. The summed E-state index contributed by atoms with van der Waals surface area (Å²) in [5.41, 5.74) is 7.68. The fourth-order valence-electron chi connectivity index (χ4n) is 3.10. The SMILES string of the molecule is Cc1ccc(C(=O)N2CCCC(N)C2)cc1NC(=O)c1ccccc1F. The van der Waals surface area contributed by atoms with Gasteiger partial charge in [0.05, 0.1) is 5.56 Å². The first-order valence-electron chi connectivity index (χ1n) is 8.67. The van der Waals surface area contributed by atoms with Crippen molar-refractivity contribution in [2.75, 3.05) is 18.4 Å². The first-order chi connectivity index (χ1) is 12.5. The maximum atomic E-state index is 13.8. The molecule has 1 atom stereocenters. The van der Waals surface area contributed by atoms with E-state index in [0.717, 1.165) is 18.4 Å². The first-order valence-corrected chi connectivity index (χ1v) is 8.67. The minimum atomic E-state index is -0.586. The molecule has 5 nitrogen and oxygen atoms in total. The van der Waals surface area contributed by atoms with Crippen LogP contribution >= 0.6 is 0 Å². The number of likely N-dealkylation sites (tertiary alicyclic amines) is 1. The van der Waals surface area contributed by atoms with Gasteiger partial charge in [-0.2, -0.15) is 0 Å². The van der Waals surface area contributed by atoms with Crippen LogP contribution in [0.5, 0.6) is 0 Å². The van der Waals surface area contributed by atoms with Gasteiger partial charge in [0.1, 0.15) is 5.82 Å². The molecular weight excluding hydrogens is 333 g/mol. The number of rotatable bonds is 3. The van der Waals surface area contributed by atoms with E-state index in [1.165, 1.54) is 18.2 Å². The van der Waals surface area contributed by atoms with Gasteiger partial charge in [-0.05, 0) is 49.6 Å². The highest BCUT2D eigenvalue weighted by Crippen LogP contribution is 2.21. The van der Waals surface area contributed by atoms with E-state index in [1.54, 1.807) is 29.2 Å². The van der Waals surface area contributed by atoms with Crippen LogP contribution in [0.25, 0.3) is 0 Å². The fourth-order valence-corrected chi connectivity index (χ4v) is 3.10. The molecule has 136 valence electrons. The van der Waals surface area contributed by atoms with Crippen LogP contribution in [0.3, 0.4) is 0 Å². The van der Waals surface area contributed by atoms with Crippen LogP contribution in [0.4, 0.5) is 10.1 Å². The smallest absolute Gasteiger partial charge is 0.258 e. The Morgan fingerprint density at radius 2 is 2.00 bits per heavy atom. The highest BCUT2D eigenvalue weighted by molar-refractivity contribution is 6.05. The van der Waals surface area contributed by atoms with Crippen molar-refractivity contribution in [1.29, 1.82) is 0 Å². The second-order valence-corrected chi connectivity index (χ2v) is 6.62. The molecule has 1 aliphatic heterocycles. The molecule has 1 fully saturated rings. The van der Waals surface area contributed by atoms with Crippen molar-refractivity contribution in [2.24, 2.45) is 5.73 Å². The van der Waals surface area contributed by atoms with E-state index in [-0.39, 0.29) is 17.5 Å². The number of hydrogen-bond acceptors (Lipinski definition) is 3. The maximum absolute atomic E-state index is 13.8. The van der Waals surface area contributed by atoms with Gasteiger partial charge in [0, 0.05) is 30.4 Å². The Balaban J connectivity index is 1.80. The summed E-state index contributed by atoms with van der Waals surface area (Å²) in [5.74, 6) is -1.24. The number of nitrogens with one attached hydrogen (secondary N) is 1. The molecule has 2 aromatic carbocycles. The topological polar surface area (TPSA) is 75.4 Å². The molecule has 0 radical (unpaired) electrons. The van der Waals surface area contributed by atoms with E-state index >= 15 is 0 Å². The van der Waals surface area contributed by atoms with E-state index < -0.39 is 11.7 Å². The lowest BCUT2D eigenvalue weighted by Gasteiger charge is -2.31. The Hall–Kier alpha value is -2.73. The molecule has 3 rings (SSSR count). The van der Waals surface area contributed by atoms with Gasteiger partial charge < -0.3 is 16.0 Å². The van der Waals surface area contributed by atoms with Crippen LogP contribution in [0.2, 0.25) is 0 Å². The summed E-state index contributed by atoms with van der Waals surface area (Å²) in [7, 11) is 0. The quantitative estimate of drug-likeness (QED) is 0.889. The molecule has 1 heterocycles. The number of anilines is 1. The van der Waals surface area contributed by atoms with E-state index in [1.807, 2.05) is 6.92 Å². The van der Waals surface area contributed by atoms with Gasteiger partial charge >= 0.3 is 0 Å². The molecule has 0 bridgehead atoms. The van der Waals surface area contributed by atoms with E-state index in [0.29, 0.717) is 24.3 Å². The number of halogens is 1. The van der Waals surface area contributed by atoms with Crippen molar-refractivity contribution in [3.8, 4) is 0 Å². The average molecular weight is 355 g/mol. The van der Waals surface area contributed by atoms with Crippen molar-refractivity contribution >= 4 is 17.5 Å². The molecule has 6 heteroatoms. The number of hydrogen-bond donors (Lipinski definition) is 2. The number of nitrogens with two attached hydrogens (primary N) is 1. The molecule has 0 saturated carbocycles. The highest BCUT2D eigenvalue weighted by Gasteiger charge is 2.23. The summed E-state index contributed by atoms with van der Waals surface area (Å²) in [4.78, 5) is 26.8. The van der Waals surface area contributed by atoms with Crippen LogP contribution in [0, 0.1) is 12.7 Å². The minimum absolute atomic E-state index is 0.00150. The van der Waals surface area contributed by atoms with Crippen molar-refractivity contribution in [1.82, 2.24) is 4.90 Å². The van der Waals surface area contributed by atoms with Gasteiger partial charge in [-0.15, -0.1) is 0 Å². The molecule has 0 aliphatic carbocycles. The van der Waals surface area contributed by atoms with Crippen LogP contribution in [0.1, 0.15) is 39.1 Å². The highest BCUT2D eigenvalue weighted by atomic mass is 19.1. The lowest BCUT2D eigenvalue weighted by molar-refractivity contribution is 0.0708. The Kier molecular flexibility index (Phi) is 5.32. The number of benzene rings is 2. The Morgan fingerprint density at radius 1 is 1.23 bits per heavy atom. The zero-order chi connectivity index (χ0) is 18.7. The van der Waals surface area contributed by atoms with Crippen LogP contribution < -0.4 is 11.1 Å². The summed E-state index contributed by atoms with van der Waals surface area (Å²) in [6.45, 7) is 3.03. The third-order valence-electron chi connectivity index (χ3n) is 4.60. The monoisotopic (exact) mass is 355 g/mol. The number of carbonyl (C=O) groups excluding carboxylic acids is 2. The van der Waals surface area contributed by atoms with Crippen LogP contribution in [0.15, 0.2) is 42.5 Å². The molecule has 0 spiro atoms. The molecule has 2 amide bonds.